The fourth-order valence-corrected chi connectivity index (χ4v) is 4.04. The molecule has 1 atom stereocenters. The van der Waals surface area contributed by atoms with Crippen LogP contribution in [0.3, 0.4) is 0 Å². The van der Waals surface area contributed by atoms with Crippen molar-refractivity contribution in [3.05, 3.63) is 64.8 Å². The van der Waals surface area contributed by atoms with Crippen molar-refractivity contribution >= 4 is 16.8 Å². The number of carbonyl (C=O) groups excluding carboxylic acids is 1. The smallest absolute Gasteiger partial charge is 0.224 e. The van der Waals surface area contributed by atoms with E-state index in [-0.39, 0.29) is 17.7 Å². The molecule has 0 fully saturated rings. The zero-order valence-electron chi connectivity index (χ0n) is 14.8. The highest BCUT2D eigenvalue weighted by atomic mass is 16.3. The number of para-hydroxylation sites is 1. The van der Waals surface area contributed by atoms with Crippen molar-refractivity contribution in [1.29, 1.82) is 0 Å². The SMILES string of the molecule is Cc1cccc2c3c([nH]c12)C(c1cccc(O)c1)N(C(=O)CCN)CC3. The highest BCUT2D eigenvalue weighted by Crippen LogP contribution is 2.39. The lowest BCUT2D eigenvalue weighted by molar-refractivity contribution is -0.133. The van der Waals surface area contributed by atoms with Gasteiger partial charge in [-0.2, -0.15) is 0 Å². The molecule has 5 nitrogen and oxygen atoms in total. The van der Waals surface area contributed by atoms with Gasteiger partial charge < -0.3 is 20.7 Å². The van der Waals surface area contributed by atoms with Gasteiger partial charge in [0.15, 0.2) is 0 Å². The number of H-pyrrole nitrogens is 1. The first-order chi connectivity index (χ1) is 12.6. The molecule has 0 saturated heterocycles. The predicted octanol–water partition coefficient (Wildman–Crippen LogP) is 3.00. The summed E-state index contributed by atoms with van der Waals surface area (Å²) in [6.07, 6.45) is 1.13. The number of hydrogen-bond acceptors (Lipinski definition) is 3. The molecule has 2 heterocycles. The lowest BCUT2D eigenvalue weighted by Crippen LogP contribution is -2.41. The van der Waals surface area contributed by atoms with Gasteiger partial charge in [-0.25, -0.2) is 0 Å². The van der Waals surface area contributed by atoms with Gasteiger partial charge in [-0.1, -0.05) is 30.3 Å². The molecule has 1 amide bonds. The Kier molecular flexibility index (Phi) is 4.17. The number of amides is 1. The molecule has 1 aliphatic rings. The van der Waals surface area contributed by atoms with E-state index < -0.39 is 0 Å². The second kappa shape index (κ2) is 6.50. The molecule has 4 rings (SSSR count). The number of rotatable bonds is 3. The first kappa shape index (κ1) is 16.7. The van der Waals surface area contributed by atoms with E-state index in [1.54, 1.807) is 12.1 Å². The van der Waals surface area contributed by atoms with Gasteiger partial charge >= 0.3 is 0 Å². The molecule has 4 N–H and O–H groups in total. The molecule has 0 aliphatic carbocycles. The van der Waals surface area contributed by atoms with E-state index in [1.165, 1.54) is 16.5 Å². The predicted molar refractivity (Wildman–Crippen MR) is 102 cm³/mol. The van der Waals surface area contributed by atoms with Gasteiger partial charge in [0.1, 0.15) is 5.75 Å². The maximum atomic E-state index is 12.7. The van der Waals surface area contributed by atoms with Crippen LogP contribution in [0, 0.1) is 6.92 Å². The lowest BCUT2D eigenvalue weighted by atomic mass is 9.91. The van der Waals surface area contributed by atoms with Crippen LogP contribution in [0.25, 0.3) is 10.9 Å². The zero-order valence-corrected chi connectivity index (χ0v) is 14.8. The van der Waals surface area contributed by atoms with Gasteiger partial charge in [0.2, 0.25) is 5.91 Å². The number of hydrogen-bond donors (Lipinski definition) is 3. The number of carbonyl (C=O) groups is 1. The van der Waals surface area contributed by atoms with Crippen LogP contribution in [0.5, 0.6) is 5.75 Å². The zero-order chi connectivity index (χ0) is 18.3. The molecule has 26 heavy (non-hydrogen) atoms. The Balaban J connectivity index is 1.91. The summed E-state index contributed by atoms with van der Waals surface area (Å²) in [6, 6.07) is 13.2. The van der Waals surface area contributed by atoms with Crippen LogP contribution in [-0.4, -0.2) is 34.0 Å². The Morgan fingerprint density at radius 3 is 2.88 bits per heavy atom. The fourth-order valence-electron chi connectivity index (χ4n) is 4.04. The average Bonchev–Trinajstić information content (AvgIpc) is 3.01. The largest absolute Gasteiger partial charge is 0.508 e. The van der Waals surface area contributed by atoms with E-state index in [1.807, 2.05) is 17.0 Å². The number of aromatic nitrogens is 1. The summed E-state index contributed by atoms with van der Waals surface area (Å²) in [7, 11) is 0. The van der Waals surface area contributed by atoms with Gasteiger partial charge in [-0.3, -0.25) is 4.79 Å². The second-order valence-corrected chi connectivity index (χ2v) is 6.89. The van der Waals surface area contributed by atoms with Crippen molar-refractivity contribution in [3.8, 4) is 5.75 Å². The number of phenols is 1. The number of nitrogens with zero attached hydrogens (tertiary/aromatic N) is 1. The first-order valence-electron chi connectivity index (χ1n) is 8.98. The van der Waals surface area contributed by atoms with Gasteiger partial charge in [0.25, 0.3) is 0 Å². The third-order valence-corrected chi connectivity index (χ3v) is 5.24. The lowest BCUT2D eigenvalue weighted by Gasteiger charge is -2.36. The van der Waals surface area contributed by atoms with Crippen LogP contribution in [-0.2, 0) is 11.2 Å². The summed E-state index contributed by atoms with van der Waals surface area (Å²) in [6.45, 7) is 3.07. The van der Waals surface area contributed by atoms with E-state index in [2.05, 4.69) is 30.1 Å². The standard InChI is InChI=1S/C21H23N3O2/c1-13-4-2-7-16-17-9-11-24(18(26)8-10-22)21(20(17)23-19(13)16)14-5-3-6-15(25)12-14/h2-7,12,21,23,25H,8-11,22H2,1H3. The van der Waals surface area contributed by atoms with Gasteiger partial charge in [0.05, 0.1) is 6.04 Å². The minimum atomic E-state index is -0.239. The Morgan fingerprint density at radius 1 is 1.31 bits per heavy atom. The highest BCUT2D eigenvalue weighted by molar-refractivity contribution is 5.88. The van der Waals surface area contributed by atoms with Gasteiger partial charge in [-0.05, 0) is 42.2 Å². The number of nitrogens with two attached hydrogens (primary N) is 1. The van der Waals surface area contributed by atoms with Crippen molar-refractivity contribution < 1.29 is 9.90 Å². The maximum Gasteiger partial charge on any atom is 0.224 e. The number of fused-ring (bicyclic) bond motifs is 3. The molecular formula is C21H23N3O2. The van der Waals surface area contributed by atoms with Crippen LogP contribution >= 0.6 is 0 Å². The van der Waals surface area contributed by atoms with E-state index in [4.69, 9.17) is 5.73 Å². The van der Waals surface area contributed by atoms with Crippen LogP contribution < -0.4 is 5.73 Å². The van der Waals surface area contributed by atoms with Crippen LogP contribution in [0.15, 0.2) is 42.5 Å². The number of nitrogens with one attached hydrogen (secondary N) is 1. The maximum absolute atomic E-state index is 12.7. The molecule has 3 aromatic rings. The van der Waals surface area contributed by atoms with E-state index in [9.17, 15) is 9.90 Å². The molecule has 1 unspecified atom stereocenters. The van der Waals surface area contributed by atoms with Crippen LogP contribution in [0.4, 0.5) is 0 Å². The molecule has 134 valence electrons. The van der Waals surface area contributed by atoms with Crippen molar-refractivity contribution in [2.45, 2.75) is 25.8 Å². The molecule has 0 bridgehead atoms. The highest BCUT2D eigenvalue weighted by Gasteiger charge is 2.34. The molecule has 0 saturated carbocycles. The number of aromatic amines is 1. The first-order valence-corrected chi connectivity index (χ1v) is 8.98. The topological polar surface area (TPSA) is 82.3 Å². The minimum Gasteiger partial charge on any atom is -0.508 e. The second-order valence-electron chi connectivity index (χ2n) is 6.89. The van der Waals surface area contributed by atoms with Crippen LogP contribution in [0.2, 0.25) is 0 Å². The van der Waals surface area contributed by atoms with Gasteiger partial charge in [-0.15, -0.1) is 0 Å². The summed E-state index contributed by atoms with van der Waals surface area (Å²) >= 11 is 0. The van der Waals surface area contributed by atoms with E-state index >= 15 is 0 Å². The monoisotopic (exact) mass is 349 g/mol. The van der Waals surface area contributed by atoms with Crippen LogP contribution in [0.1, 0.15) is 34.8 Å². The molecule has 1 aromatic heterocycles. The third kappa shape index (κ3) is 2.65. The summed E-state index contributed by atoms with van der Waals surface area (Å²) in [5.41, 5.74) is 11.1. The number of aromatic hydroxyl groups is 1. The Labute approximate surface area is 152 Å². The fraction of sp³-hybridized carbons (Fsp3) is 0.286. The Bertz CT molecular complexity index is 977. The summed E-state index contributed by atoms with van der Waals surface area (Å²) in [5.74, 6) is 0.245. The average molecular weight is 349 g/mol. The Hall–Kier alpha value is -2.79. The summed E-state index contributed by atoms with van der Waals surface area (Å²) < 4.78 is 0. The molecule has 0 radical (unpaired) electrons. The van der Waals surface area contributed by atoms with E-state index in [0.29, 0.717) is 19.5 Å². The molecule has 5 heteroatoms. The Morgan fingerprint density at radius 2 is 2.12 bits per heavy atom. The molecule has 0 spiro atoms. The van der Waals surface area contributed by atoms with Crippen molar-refractivity contribution in [2.24, 2.45) is 5.73 Å². The van der Waals surface area contributed by atoms with Crippen molar-refractivity contribution in [2.75, 3.05) is 13.1 Å². The summed E-state index contributed by atoms with van der Waals surface area (Å²) in [5, 5.41) is 11.2. The molecular weight excluding hydrogens is 326 g/mol. The van der Waals surface area contributed by atoms with Crippen molar-refractivity contribution in [3.63, 3.8) is 0 Å². The minimum absolute atomic E-state index is 0.0434. The third-order valence-electron chi connectivity index (χ3n) is 5.24. The molecule has 2 aromatic carbocycles. The number of benzene rings is 2. The quantitative estimate of drug-likeness (QED) is 0.680. The molecule has 1 aliphatic heterocycles. The number of aryl methyl sites for hydroxylation is 1. The van der Waals surface area contributed by atoms with E-state index in [0.717, 1.165) is 23.2 Å². The number of phenolic OH excluding ortho intramolecular Hbond substituents is 1. The van der Waals surface area contributed by atoms with Gasteiger partial charge in [0, 0.05) is 36.1 Å². The van der Waals surface area contributed by atoms with Crippen molar-refractivity contribution in [1.82, 2.24) is 9.88 Å². The normalized spacial score (nSPS) is 16.7. The summed E-state index contributed by atoms with van der Waals surface area (Å²) in [4.78, 5) is 18.2.